The highest BCUT2D eigenvalue weighted by Gasteiger charge is 2.53. The van der Waals surface area contributed by atoms with E-state index in [-0.39, 0.29) is 0 Å². The lowest BCUT2D eigenvalue weighted by Gasteiger charge is -2.40. The first-order chi connectivity index (χ1) is 34.6. The quantitative estimate of drug-likeness (QED) is 0.174. The average molecular weight is 896 g/mol. The lowest BCUT2D eigenvalue weighted by molar-refractivity contribution is 0.436. The molecule has 1 atom stereocenters. The molecule has 0 saturated heterocycles. The van der Waals surface area contributed by atoms with E-state index in [1.807, 2.05) is 97.3 Å². The molecule has 0 saturated carbocycles. The highest BCUT2D eigenvalue weighted by Crippen LogP contribution is 2.63. The van der Waals surface area contributed by atoms with E-state index in [2.05, 4.69) is 129 Å². The van der Waals surface area contributed by atoms with Gasteiger partial charge in [0.05, 0.1) is 97.3 Å². The summed E-state index contributed by atoms with van der Waals surface area (Å²) in [5, 5.41) is 24.1. The van der Waals surface area contributed by atoms with Gasteiger partial charge in [0.15, 0.2) is 11.5 Å². The van der Waals surface area contributed by atoms with Gasteiger partial charge in [-0.1, -0.05) is 78.9 Å². The molecule has 0 radical (unpaired) electrons. The van der Waals surface area contributed by atoms with Gasteiger partial charge in [-0.2, -0.15) is 10.5 Å². The van der Waals surface area contributed by atoms with Crippen molar-refractivity contribution >= 4 is 60.7 Å². The van der Waals surface area contributed by atoms with Crippen LogP contribution in [-0.2, 0) is 5.41 Å². The summed E-state index contributed by atoms with van der Waals surface area (Å²) in [6.45, 7) is 0. The number of para-hydroxylation sites is 7. The number of ether oxygens (including phenoxy) is 2. The average Bonchev–Trinajstić information content (AvgIpc) is 4.03. The molecule has 8 aromatic carbocycles. The van der Waals surface area contributed by atoms with E-state index < -0.39 is 5.41 Å². The highest BCUT2D eigenvalue weighted by molar-refractivity contribution is 6.11. The third-order valence-electron chi connectivity index (χ3n) is 14.5. The van der Waals surface area contributed by atoms with Crippen LogP contribution in [0, 0.1) is 22.7 Å². The third-order valence-corrected chi connectivity index (χ3v) is 14.5. The zero-order valence-corrected chi connectivity index (χ0v) is 37.0. The maximum atomic E-state index is 10.0. The normalized spacial score (nSPS) is 14.8. The van der Waals surface area contributed by atoms with Crippen LogP contribution >= 0.6 is 0 Å². The van der Waals surface area contributed by atoms with Gasteiger partial charge in [-0.15, -0.1) is 0 Å². The van der Waals surface area contributed by atoms with Crippen molar-refractivity contribution in [2.24, 2.45) is 0 Å². The fourth-order valence-electron chi connectivity index (χ4n) is 11.6. The topological polar surface area (TPSA) is 105 Å². The molecule has 4 aromatic heterocycles. The molecule has 3 aliphatic rings. The van der Waals surface area contributed by atoms with Crippen molar-refractivity contribution in [3.8, 4) is 57.9 Å². The zero-order valence-electron chi connectivity index (χ0n) is 37.0. The molecule has 324 valence electrons. The molecule has 1 unspecified atom stereocenters. The van der Waals surface area contributed by atoms with E-state index in [9.17, 15) is 10.5 Å². The Bertz CT molecular complexity index is 4210. The second-order valence-corrected chi connectivity index (χ2v) is 18.0. The van der Waals surface area contributed by atoms with Crippen LogP contribution in [0.25, 0.3) is 66.4 Å². The second kappa shape index (κ2) is 14.0. The predicted octanol–water partition coefficient (Wildman–Crippen LogP) is 14.5. The predicted molar refractivity (Wildman–Crippen MR) is 272 cm³/mol. The molecule has 1 aliphatic carbocycles. The molecular formula is C61H33N7O2. The Hall–Kier alpha value is -9.96. The largest absolute Gasteiger partial charge is 0.457 e. The maximum absolute atomic E-state index is 10.0. The van der Waals surface area contributed by atoms with Crippen molar-refractivity contribution in [1.29, 1.82) is 10.5 Å². The summed E-state index contributed by atoms with van der Waals surface area (Å²) in [7, 11) is 0. The molecule has 2 aliphatic heterocycles. The van der Waals surface area contributed by atoms with Gasteiger partial charge in [-0.3, -0.25) is 9.97 Å². The summed E-state index contributed by atoms with van der Waals surface area (Å²) < 4.78 is 18.0. The molecule has 70 heavy (non-hydrogen) atoms. The molecular weight excluding hydrogens is 863 g/mol. The van der Waals surface area contributed by atoms with Crippen LogP contribution in [0.2, 0.25) is 0 Å². The van der Waals surface area contributed by atoms with Gasteiger partial charge >= 0.3 is 0 Å². The van der Waals surface area contributed by atoms with Crippen LogP contribution in [0.5, 0.6) is 23.0 Å². The third kappa shape index (κ3) is 5.02. The minimum Gasteiger partial charge on any atom is -0.457 e. The molecule has 15 rings (SSSR count). The summed E-state index contributed by atoms with van der Waals surface area (Å²) in [4.78, 5) is 13.2. The monoisotopic (exact) mass is 895 g/mol. The Morgan fingerprint density at radius 2 is 0.843 bits per heavy atom. The minimum absolute atomic E-state index is 0.539. The highest BCUT2D eigenvalue weighted by atomic mass is 16.5. The lowest BCUT2D eigenvalue weighted by atomic mass is 9.66. The standard InChI is InChI=1S/C61H33N7O2/c62-32-36-21-24-51-43(27-36)44-28-37(33-63)22-25-52(44)68(51)40-31-48-60(65-35-40)59-47(30-39(34-64-59)67-49-14-4-1-11-41(49)42-12-2-5-15-50(42)67)61(48)45-13-3-8-18-55(45)69-56-26-23-38(29-46(56)61)66-53-16-6-9-19-57(53)70-58-20-10-7-17-54(58)66/h1-31,34-35H. The summed E-state index contributed by atoms with van der Waals surface area (Å²) in [5.41, 5.74) is 13.9. The SMILES string of the molecule is N#Cc1ccc2c(c1)c1cc(C#N)ccc1n2-c1cnc2c(c1)C1(c3ccccc3Oc3ccc(N4c5ccccc5Oc5ccccc54)cc31)c1cc(-n3c4ccccc4c4ccccc43)cnc1-2. The van der Waals surface area contributed by atoms with Gasteiger partial charge in [0.2, 0.25) is 0 Å². The first-order valence-electron chi connectivity index (χ1n) is 23.1. The van der Waals surface area contributed by atoms with Gasteiger partial charge in [-0.05, 0) is 109 Å². The number of rotatable bonds is 3. The Morgan fingerprint density at radius 1 is 0.386 bits per heavy atom. The van der Waals surface area contributed by atoms with Crippen molar-refractivity contribution in [2.75, 3.05) is 4.90 Å². The van der Waals surface area contributed by atoms with Crippen LogP contribution in [0.4, 0.5) is 17.1 Å². The first-order valence-corrected chi connectivity index (χ1v) is 23.1. The molecule has 9 heteroatoms. The molecule has 0 N–H and O–H groups in total. The van der Waals surface area contributed by atoms with Crippen molar-refractivity contribution < 1.29 is 9.47 Å². The van der Waals surface area contributed by atoms with Crippen molar-refractivity contribution in [1.82, 2.24) is 19.1 Å². The Balaban J connectivity index is 1.06. The van der Waals surface area contributed by atoms with Crippen LogP contribution in [0.15, 0.2) is 200 Å². The van der Waals surface area contributed by atoms with Crippen molar-refractivity contribution in [2.45, 2.75) is 5.41 Å². The van der Waals surface area contributed by atoms with Crippen LogP contribution in [-0.4, -0.2) is 19.1 Å². The molecule has 9 nitrogen and oxygen atoms in total. The van der Waals surface area contributed by atoms with Gasteiger partial charge in [0.25, 0.3) is 0 Å². The smallest absolute Gasteiger partial charge is 0.151 e. The van der Waals surface area contributed by atoms with E-state index in [0.29, 0.717) is 16.9 Å². The fraction of sp³-hybridized carbons (Fsp3) is 0.0164. The number of hydrogen-bond acceptors (Lipinski definition) is 7. The molecule has 0 amide bonds. The Labute approximate surface area is 400 Å². The van der Waals surface area contributed by atoms with E-state index in [1.165, 1.54) is 0 Å². The van der Waals surface area contributed by atoms with Gasteiger partial charge < -0.3 is 23.5 Å². The number of fused-ring (bicyclic) bond motifs is 17. The molecule has 12 aromatic rings. The van der Waals surface area contributed by atoms with Gasteiger partial charge in [-0.25, -0.2) is 0 Å². The molecule has 0 bridgehead atoms. The zero-order chi connectivity index (χ0) is 46.2. The van der Waals surface area contributed by atoms with Crippen LogP contribution in [0.3, 0.4) is 0 Å². The van der Waals surface area contributed by atoms with Gasteiger partial charge in [0, 0.05) is 49.5 Å². The van der Waals surface area contributed by atoms with Crippen LogP contribution in [0.1, 0.15) is 33.4 Å². The van der Waals surface area contributed by atoms with Crippen molar-refractivity contribution in [3.63, 3.8) is 0 Å². The summed E-state index contributed by atoms with van der Waals surface area (Å²) in [6, 6.07) is 68.9. The molecule has 0 fully saturated rings. The van der Waals surface area contributed by atoms with E-state index >= 15 is 0 Å². The number of aromatic nitrogens is 4. The summed E-state index contributed by atoms with van der Waals surface area (Å²) >= 11 is 0. The van der Waals surface area contributed by atoms with Crippen LogP contribution < -0.4 is 14.4 Å². The minimum atomic E-state index is -1.01. The molecule has 6 heterocycles. The second-order valence-electron chi connectivity index (χ2n) is 18.0. The Morgan fingerprint density at radius 3 is 1.41 bits per heavy atom. The number of nitriles is 2. The number of hydrogen-bond donors (Lipinski definition) is 0. The van der Waals surface area contributed by atoms with E-state index in [0.717, 1.165) is 123 Å². The van der Waals surface area contributed by atoms with E-state index in [1.54, 1.807) is 0 Å². The van der Waals surface area contributed by atoms with Crippen molar-refractivity contribution in [3.05, 3.63) is 234 Å². The lowest BCUT2D eigenvalue weighted by Crippen LogP contribution is -2.33. The summed E-state index contributed by atoms with van der Waals surface area (Å²) in [6.07, 6.45) is 3.90. The number of benzene rings is 8. The number of pyridine rings is 2. The Kier molecular flexibility index (Phi) is 7.65. The summed E-state index contributed by atoms with van der Waals surface area (Å²) in [5.74, 6) is 2.97. The number of nitrogens with zero attached hydrogens (tertiary/aromatic N) is 7. The fourth-order valence-corrected chi connectivity index (χ4v) is 11.6. The van der Waals surface area contributed by atoms with Gasteiger partial charge in [0.1, 0.15) is 11.5 Å². The number of anilines is 3. The van der Waals surface area contributed by atoms with E-state index in [4.69, 9.17) is 19.4 Å². The maximum Gasteiger partial charge on any atom is 0.151 e. The molecule has 1 spiro atoms. The first kappa shape index (κ1) is 38.2.